The van der Waals surface area contributed by atoms with E-state index in [1.54, 1.807) is 60.7 Å². The zero-order chi connectivity index (χ0) is 19.4. The summed E-state index contributed by atoms with van der Waals surface area (Å²) in [5, 5.41) is 0. The van der Waals surface area contributed by atoms with Crippen molar-refractivity contribution in [2.45, 2.75) is 38.9 Å². The molecule has 26 heavy (non-hydrogen) atoms. The molecule has 5 heteroatoms. The number of Topliss-reactive ketones (excluding diaryl/α,β-unsaturated/α-hetero) is 1. The summed E-state index contributed by atoms with van der Waals surface area (Å²) in [6.07, 6.45) is 0. The van der Waals surface area contributed by atoms with Gasteiger partial charge in [0, 0.05) is 0 Å². The molecular weight excluding hydrogens is 332 g/mol. The van der Waals surface area contributed by atoms with Crippen LogP contribution in [0.4, 0.5) is 0 Å². The van der Waals surface area contributed by atoms with Crippen LogP contribution in [0.5, 0.6) is 0 Å². The summed E-state index contributed by atoms with van der Waals surface area (Å²) in [5.41, 5.74) is -2.25. The molecule has 0 aliphatic carbocycles. The molecule has 0 aliphatic heterocycles. The van der Waals surface area contributed by atoms with Gasteiger partial charge < -0.3 is 9.47 Å². The lowest BCUT2D eigenvalue weighted by Crippen LogP contribution is -2.51. The van der Waals surface area contributed by atoms with E-state index in [4.69, 9.17) is 9.47 Å². The van der Waals surface area contributed by atoms with E-state index in [9.17, 15) is 14.4 Å². The van der Waals surface area contributed by atoms with Crippen LogP contribution in [0.3, 0.4) is 0 Å². The number of esters is 2. The molecule has 0 bridgehead atoms. The molecule has 0 saturated carbocycles. The fourth-order valence-electron chi connectivity index (χ4n) is 2.55. The highest BCUT2D eigenvalue weighted by Gasteiger charge is 2.44. The first-order valence-electron chi connectivity index (χ1n) is 8.25. The third-order valence-corrected chi connectivity index (χ3v) is 3.81. The van der Waals surface area contributed by atoms with Crippen molar-refractivity contribution in [3.63, 3.8) is 0 Å². The summed E-state index contributed by atoms with van der Waals surface area (Å²) in [6, 6.07) is 16.8. The number of hydrogen-bond acceptors (Lipinski definition) is 5. The fourth-order valence-corrected chi connectivity index (χ4v) is 2.55. The second-order valence-electron chi connectivity index (χ2n) is 6.86. The molecule has 0 amide bonds. The van der Waals surface area contributed by atoms with Crippen LogP contribution in [-0.4, -0.2) is 28.9 Å². The van der Waals surface area contributed by atoms with Gasteiger partial charge >= 0.3 is 11.9 Å². The van der Waals surface area contributed by atoms with Crippen molar-refractivity contribution in [2.24, 2.45) is 0 Å². The first kappa shape index (κ1) is 19.4. The summed E-state index contributed by atoms with van der Waals surface area (Å²) < 4.78 is 10.8. The van der Waals surface area contributed by atoms with Gasteiger partial charge in [-0.15, -0.1) is 0 Å². The van der Waals surface area contributed by atoms with E-state index in [0.717, 1.165) is 0 Å². The smallest absolute Gasteiger partial charge is 0.339 e. The molecule has 0 radical (unpaired) electrons. The zero-order valence-corrected chi connectivity index (χ0v) is 15.3. The third kappa shape index (κ3) is 4.57. The maximum absolute atomic E-state index is 12.9. The van der Waals surface area contributed by atoms with Gasteiger partial charge in [0.1, 0.15) is 0 Å². The van der Waals surface area contributed by atoms with Crippen LogP contribution in [0.25, 0.3) is 0 Å². The second-order valence-corrected chi connectivity index (χ2v) is 6.86. The molecule has 0 aliphatic rings. The molecule has 5 nitrogen and oxygen atoms in total. The highest BCUT2D eigenvalue weighted by molar-refractivity contribution is 6.00. The molecule has 2 aromatic carbocycles. The van der Waals surface area contributed by atoms with E-state index < -0.39 is 28.9 Å². The average Bonchev–Trinajstić information content (AvgIpc) is 2.61. The first-order chi connectivity index (χ1) is 12.1. The van der Waals surface area contributed by atoms with Crippen LogP contribution in [-0.2, 0) is 14.3 Å². The van der Waals surface area contributed by atoms with E-state index in [1.807, 2.05) is 0 Å². The van der Waals surface area contributed by atoms with Crippen LogP contribution < -0.4 is 0 Å². The number of rotatable bonds is 6. The molecule has 2 aromatic rings. The predicted molar refractivity (Wildman–Crippen MR) is 96.9 cm³/mol. The minimum absolute atomic E-state index is 0.340. The van der Waals surface area contributed by atoms with Crippen molar-refractivity contribution in [3.8, 4) is 0 Å². The minimum Gasteiger partial charge on any atom is -0.448 e. The van der Waals surface area contributed by atoms with Crippen LogP contribution in [0.15, 0.2) is 60.7 Å². The van der Waals surface area contributed by atoms with Gasteiger partial charge in [-0.1, -0.05) is 36.4 Å². The van der Waals surface area contributed by atoms with Crippen LogP contribution in [0, 0.1) is 0 Å². The SMILES string of the molecule is CC(C)(OC(=O)c1ccccc1)C(=O)C(C)(C)OC(=O)c1ccccc1. The van der Waals surface area contributed by atoms with E-state index >= 15 is 0 Å². The topological polar surface area (TPSA) is 69.7 Å². The highest BCUT2D eigenvalue weighted by atomic mass is 16.6. The van der Waals surface area contributed by atoms with Gasteiger partial charge in [0.15, 0.2) is 11.2 Å². The Balaban J connectivity index is 2.11. The number of benzene rings is 2. The maximum atomic E-state index is 12.9. The predicted octanol–water partition coefficient (Wildman–Crippen LogP) is 3.83. The number of ether oxygens (including phenoxy) is 2. The molecule has 0 saturated heterocycles. The van der Waals surface area contributed by atoms with Gasteiger partial charge in [0.25, 0.3) is 0 Å². The number of carbonyl (C=O) groups excluding carboxylic acids is 3. The molecule has 0 atom stereocenters. The van der Waals surface area contributed by atoms with Gasteiger partial charge in [-0.05, 0) is 52.0 Å². The van der Waals surface area contributed by atoms with Crippen molar-refractivity contribution >= 4 is 17.7 Å². The molecular formula is C21H22O5. The summed E-state index contributed by atoms with van der Waals surface area (Å²) in [6.45, 7) is 5.92. The summed E-state index contributed by atoms with van der Waals surface area (Å²) >= 11 is 0. The van der Waals surface area contributed by atoms with Crippen LogP contribution >= 0.6 is 0 Å². The van der Waals surface area contributed by atoms with Gasteiger partial charge in [0.2, 0.25) is 5.78 Å². The number of hydrogen-bond donors (Lipinski definition) is 0. The van der Waals surface area contributed by atoms with Crippen molar-refractivity contribution in [2.75, 3.05) is 0 Å². The van der Waals surface area contributed by atoms with Crippen molar-refractivity contribution in [3.05, 3.63) is 71.8 Å². The van der Waals surface area contributed by atoms with Gasteiger partial charge in [-0.25, -0.2) is 9.59 Å². The molecule has 0 spiro atoms. The molecule has 0 aromatic heterocycles. The Kier molecular flexibility index (Phi) is 5.60. The van der Waals surface area contributed by atoms with Gasteiger partial charge in [0.05, 0.1) is 11.1 Å². The summed E-state index contributed by atoms with van der Waals surface area (Å²) in [5.74, 6) is -1.75. The summed E-state index contributed by atoms with van der Waals surface area (Å²) in [7, 11) is 0. The standard InChI is InChI=1S/C21H22O5/c1-20(2,25-17(22)15-11-7-5-8-12-15)19(24)21(3,4)26-18(23)16-13-9-6-10-14-16/h5-14H,1-4H3. The van der Waals surface area contributed by atoms with E-state index in [-0.39, 0.29) is 0 Å². The number of carbonyl (C=O) groups is 3. The zero-order valence-electron chi connectivity index (χ0n) is 15.3. The molecule has 0 N–H and O–H groups in total. The monoisotopic (exact) mass is 354 g/mol. The Morgan fingerprint density at radius 3 is 1.23 bits per heavy atom. The Hall–Kier alpha value is -2.95. The lowest BCUT2D eigenvalue weighted by Gasteiger charge is -2.32. The second kappa shape index (κ2) is 7.52. The van der Waals surface area contributed by atoms with Crippen LogP contribution in [0.2, 0.25) is 0 Å². The summed E-state index contributed by atoms with van der Waals surface area (Å²) in [4.78, 5) is 37.4. The fraction of sp³-hybridized carbons (Fsp3) is 0.286. The molecule has 0 heterocycles. The maximum Gasteiger partial charge on any atom is 0.339 e. The van der Waals surface area contributed by atoms with Crippen LogP contribution in [0.1, 0.15) is 48.4 Å². The van der Waals surface area contributed by atoms with Crippen molar-refractivity contribution in [1.29, 1.82) is 0 Å². The Labute approximate surface area is 152 Å². The number of ketones is 1. The average molecular weight is 354 g/mol. The van der Waals surface area contributed by atoms with E-state index in [1.165, 1.54) is 27.7 Å². The van der Waals surface area contributed by atoms with Crippen molar-refractivity contribution < 1.29 is 23.9 Å². The molecule has 0 fully saturated rings. The first-order valence-corrected chi connectivity index (χ1v) is 8.25. The van der Waals surface area contributed by atoms with Gasteiger partial charge in [-0.3, -0.25) is 4.79 Å². The van der Waals surface area contributed by atoms with Gasteiger partial charge in [-0.2, -0.15) is 0 Å². The van der Waals surface area contributed by atoms with E-state index in [0.29, 0.717) is 11.1 Å². The van der Waals surface area contributed by atoms with E-state index in [2.05, 4.69) is 0 Å². The Bertz CT molecular complexity index is 724. The largest absolute Gasteiger partial charge is 0.448 e. The molecule has 2 rings (SSSR count). The Morgan fingerprint density at radius 2 is 0.923 bits per heavy atom. The molecule has 0 unspecified atom stereocenters. The minimum atomic E-state index is -1.46. The molecule has 136 valence electrons. The highest BCUT2D eigenvalue weighted by Crippen LogP contribution is 2.25. The quantitative estimate of drug-likeness (QED) is 0.738. The normalized spacial score (nSPS) is 11.5. The lowest BCUT2D eigenvalue weighted by molar-refractivity contribution is -0.152. The lowest BCUT2D eigenvalue weighted by atomic mass is 9.90. The Morgan fingerprint density at radius 1 is 0.615 bits per heavy atom. The van der Waals surface area contributed by atoms with Crippen molar-refractivity contribution in [1.82, 2.24) is 0 Å². The third-order valence-electron chi connectivity index (χ3n) is 3.81.